The van der Waals surface area contributed by atoms with Crippen LogP contribution in [0.3, 0.4) is 0 Å². The normalized spacial score (nSPS) is 22.8. The molecule has 3 aliphatic rings. The smallest absolute Gasteiger partial charge is 0.372 e. The summed E-state index contributed by atoms with van der Waals surface area (Å²) in [6.07, 6.45) is -6.47. The topological polar surface area (TPSA) is 53.9 Å². The molecular weight excluding hydrogens is 547 g/mol. The van der Waals surface area contributed by atoms with Gasteiger partial charge in [0.2, 0.25) is 0 Å². The number of carbonyl (C=O) groups excluding carboxylic acids is 1. The zero-order valence-corrected chi connectivity index (χ0v) is 20.7. The fourth-order valence-electron chi connectivity index (χ4n) is 4.87. The van der Waals surface area contributed by atoms with Crippen LogP contribution in [0.25, 0.3) is 0 Å². The summed E-state index contributed by atoms with van der Waals surface area (Å²) in [6, 6.07) is 4.39. The van der Waals surface area contributed by atoms with Crippen molar-refractivity contribution >= 4 is 34.9 Å². The highest BCUT2D eigenvalue weighted by molar-refractivity contribution is 6.35. The molecule has 0 bridgehead atoms. The number of alkyl halides is 5. The van der Waals surface area contributed by atoms with Crippen LogP contribution in [0.5, 0.6) is 0 Å². The molecule has 1 amide bonds. The number of nitrogens with one attached hydrogen (secondary N) is 1. The van der Waals surface area contributed by atoms with Crippen LogP contribution in [-0.2, 0) is 23.5 Å². The summed E-state index contributed by atoms with van der Waals surface area (Å²) in [5, 5.41) is 5.16. The Morgan fingerprint density at radius 2 is 1.70 bits per heavy atom. The molecule has 37 heavy (non-hydrogen) atoms. The molecule has 5 nitrogen and oxygen atoms in total. The van der Waals surface area contributed by atoms with Gasteiger partial charge in [-0.3, -0.25) is 4.79 Å². The summed E-state index contributed by atoms with van der Waals surface area (Å²) in [4.78, 5) is 19.2. The Bertz CT molecular complexity index is 1300. The lowest BCUT2D eigenvalue weighted by Crippen LogP contribution is -2.50. The molecule has 2 aromatic rings. The fourth-order valence-corrected chi connectivity index (χ4v) is 5.36. The van der Waals surface area contributed by atoms with E-state index in [0.717, 1.165) is 17.7 Å². The van der Waals surface area contributed by atoms with Crippen molar-refractivity contribution in [3.63, 3.8) is 0 Å². The second-order valence-corrected chi connectivity index (χ2v) is 10.4. The third-order valence-corrected chi connectivity index (χ3v) is 7.48. The summed E-state index contributed by atoms with van der Waals surface area (Å²) in [5.41, 5.74) is -1.01. The summed E-state index contributed by atoms with van der Waals surface area (Å²) in [7, 11) is 0. The Morgan fingerprint density at radius 3 is 2.27 bits per heavy atom. The van der Waals surface area contributed by atoms with E-state index in [0.29, 0.717) is 16.7 Å². The van der Waals surface area contributed by atoms with Crippen LogP contribution >= 0.6 is 23.2 Å². The van der Waals surface area contributed by atoms with Crippen LogP contribution in [0.2, 0.25) is 10.0 Å². The zero-order chi connectivity index (χ0) is 26.9. The summed E-state index contributed by atoms with van der Waals surface area (Å²) >= 11 is 11.5. The number of oxime groups is 1. The predicted molar refractivity (Wildman–Crippen MR) is 123 cm³/mol. The first-order chi connectivity index (χ1) is 17.2. The summed E-state index contributed by atoms with van der Waals surface area (Å²) < 4.78 is 82.9. The summed E-state index contributed by atoms with van der Waals surface area (Å²) in [5.74, 6) is -4.29. The largest absolute Gasteiger partial charge is 0.435 e. The minimum absolute atomic E-state index is 0.00505. The van der Waals surface area contributed by atoms with Crippen molar-refractivity contribution in [2.75, 3.05) is 0 Å². The maximum absolute atomic E-state index is 14.3. The van der Waals surface area contributed by atoms with Gasteiger partial charge in [0.15, 0.2) is 5.82 Å². The number of benzene rings is 2. The molecule has 2 heterocycles. The molecule has 1 aliphatic carbocycles. The fraction of sp³-hybridized carbons (Fsp3) is 0.417. The molecule has 1 N–H and O–H groups in total. The number of rotatable bonds is 3. The van der Waals surface area contributed by atoms with E-state index in [2.05, 4.69) is 10.5 Å². The molecule has 1 unspecified atom stereocenters. The molecule has 2 aliphatic heterocycles. The number of carbonyl (C=O) groups is 1. The van der Waals surface area contributed by atoms with E-state index in [9.17, 15) is 31.1 Å². The summed E-state index contributed by atoms with van der Waals surface area (Å²) in [6.45, 7) is 2.06. The highest BCUT2D eigenvalue weighted by Crippen LogP contribution is 2.50. The molecule has 0 radical (unpaired) electrons. The second-order valence-electron chi connectivity index (χ2n) is 9.58. The highest BCUT2D eigenvalue weighted by Gasteiger charge is 2.63. The Kier molecular flexibility index (Phi) is 6.10. The predicted octanol–water partition coefficient (Wildman–Crippen LogP) is 6.48. The van der Waals surface area contributed by atoms with Crippen LogP contribution in [0, 0.1) is 12.7 Å². The van der Waals surface area contributed by atoms with Crippen molar-refractivity contribution in [1.29, 1.82) is 0 Å². The molecule has 0 spiro atoms. The molecule has 5 rings (SSSR count). The van der Waals surface area contributed by atoms with E-state index < -0.39 is 70.3 Å². The quantitative estimate of drug-likeness (QED) is 0.342. The first-order valence-corrected chi connectivity index (χ1v) is 12.0. The number of hydrogen-bond donors (Lipinski definition) is 1. The van der Waals surface area contributed by atoms with Crippen molar-refractivity contribution in [2.24, 2.45) is 5.16 Å². The molecular formula is C24H19Cl2F6N3O2. The van der Waals surface area contributed by atoms with Crippen LogP contribution in [-0.4, -0.2) is 34.8 Å². The average Bonchev–Trinajstić information content (AvgIpc) is 3.40. The first kappa shape index (κ1) is 26.0. The number of halogens is 8. The van der Waals surface area contributed by atoms with Gasteiger partial charge in [-0.05, 0) is 41.8 Å². The van der Waals surface area contributed by atoms with Gasteiger partial charge in [0.25, 0.3) is 17.4 Å². The van der Waals surface area contributed by atoms with Crippen molar-refractivity contribution in [1.82, 2.24) is 10.2 Å². The maximum Gasteiger partial charge on any atom is 0.435 e. The molecule has 0 aromatic heterocycles. The molecule has 1 atom stereocenters. The van der Waals surface area contributed by atoms with E-state index in [1.807, 2.05) is 0 Å². The van der Waals surface area contributed by atoms with Crippen molar-refractivity contribution in [3.8, 4) is 0 Å². The molecule has 0 saturated heterocycles. The third-order valence-electron chi connectivity index (χ3n) is 6.93. The molecule has 1 saturated carbocycles. The van der Waals surface area contributed by atoms with Crippen molar-refractivity contribution in [3.05, 3.63) is 67.9 Å². The highest BCUT2D eigenvalue weighted by atomic mass is 35.5. The first-order valence-electron chi connectivity index (χ1n) is 11.2. The third kappa shape index (κ3) is 4.50. The minimum Gasteiger partial charge on any atom is -0.372 e. The lowest BCUT2D eigenvalue weighted by molar-refractivity contribution is -0.275. The van der Waals surface area contributed by atoms with Gasteiger partial charge in [-0.1, -0.05) is 34.4 Å². The van der Waals surface area contributed by atoms with E-state index in [-0.39, 0.29) is 18.9 Å². The van der Waals surface area contributed by atoms with E-state index in [4.69, 9.17) is 28.0 Å². The van der Waals surface area contributed by atoms with E-state index in [1.54, 1.807) is 24.0 Å². The Hall–Kier alpha value is -2.66. The van der Waals surface area contributed by atoms with Gasteiger partial charge in [0, 0.05) is 43.1 Å². The number of amidine groups is 1. The van der Waals surface area contributed by atoms with Crippen LogP contribution in [0.4, 0.5) is 26.3 Å². The van der Waals surface area contributed by atoms with Crippen LogP contribution < -0.4 is 5.32 Å². The van der Waals surface area contributed by atoms with Gasteiger partial charge in [0.1, 0.15) is 5.84 Å². The zero-order valence-electron chi connectivity index (χ0n) is 19.2. The van der Waals surface area contributed by atoms with Crippen LogP contribution in [0.1, 0.15) is 51.9 Å². The van der Waals surface area contributed by atoms with E-state index in [1.165, 1.54) is 0 Å². The Balaban J connectivity index is 1.35. The minimum atomic E-state index is -4.94. The van der Waals surface area contributed by atoms with Gasteiger partial charge in [-0.15, -0.1) is 0 Å². The number of nitrogens with zero attached hydrogens (tertiary/aromatic N) is 2. The van der Waals surface area contributed by atoms with Gasteiger partial charge < -0.3 is 15.1 Å². The average molecular weight is 566 g/mol. The second kappa shape index (κ2) is 8.69. The van der Waals surface area contributed by atoms with E-state index >= 15 is 0 Å². The maximum atomic E-state index is 14.3. The standard InChI is InChI=1S/C24H19Cl2F6N3O2/c1-11-2-12-9-35(10-13(12)3-16(11)21(36)33-15-6-22(28,29)7-15)19-8-23(37-34-19,24(30,31)32)14-4-17(25)20(27)18(26)5-14/h2-5,15H,6-10H2,1H3,(H,33,36). The molecule has 198 valence electrons. The van der Waals surface area contributed by atoms with Gasteiger partial charge in [-0.25, -0.2) is 13.2 Å². The lowest BCUT2D eigenvalue weighted by atomic mass is 9.88. The molecule has 13 heteroatoms. The number of hydrogen-bond acceptors (Lipinski definition) is 4. The van der Waals surface area contributed by atoms with Crippen LogP contribution in [0.15, 0.2) is 29.4 Å². The van der Waals surface area contributed by atoms with Crippen molar-refractivity contribution in [2.45, 2.75) is 63.0 Å². The number of amides is 1. The SMILES string of the molecule is Cc1cc2c(cc1C(=O)NC1CC(F)(F)C1)CN(C1=NOC(c3cc(Cl)c(F)c(Cl)c3)(C(F)(F)F)C1)C2. The molecule has 2 aromatic carbocycles. The number of fused-ring (bicyclic) bond motifs is 1. The van der Waals surface area contributed by atoms with Gasteiger partial charge in [0.05, 0.1) is 16.5 Å². The van der Waals surface area contributed by atoms with Gasteiger partial charge >= 0.3 is 6.18 Å². The Labute approximate surface area is 217 Å². The lowest BCUT2D eigenvalue weighted by Gasteiger charge is -2.35. The molecule has 1 fully saturated rings. The Morgan fingerprint density at radius 1 is 1.11 bits per heavy atom. The van der Waals surface area contributed by atoms with Crippen molar-refractivity contribution < 1.29 is 36.0 Å². The number of aryl methyl sites for hydroxylation is 1. The monoisotopic (exact) mass is 565 g/mol. The van der Waals surface area contributed by atoms with Gasteiger partial charge in [-0.2, -0.15) is 13.2 Å².